The van der Waals surface area contributed by atoms with Crippen molar-refractivity contribution in [2.45, 2.75) is 12.5 Å². The third-order valence-corrected chi connectivity index (χ3v) is 2.31. The molecule has 2 nitrogen and oxygen atoms in total. The van der Waals surface area contributed by atoms with Crippen LogP contribution in [0, 0.1) is 0 Å². The fourth-order valence-corrected chi connectivity index (χ4v) is 1.50. The maximum absolute atomic E-state index is 11.9. The summed E-state index contributed by atoms with van der Waals surface area (Å²) in [5.41, 5.74) is 5.11. The largest absolute Gasteiger partial charge is 0.319 e. The van der Waals surface area contributed by atoms with Gasteiger partial charge in [0.25, 0.3) is 6.43 Å². The highest BCUT2D eigenvalue weighted by molar-refractivity contribution is 7.15. The quantitative estimate of drug-likeness (QED) is 0.790. The molecule has 0 aliphatic carbocycles. The molecule has 1 atom stereocenters. The second-order valence-corrected chi connectivity index (χ2v) is 3.52. The Kier molecular flexibility index (Phi) is 2.75. The van der Waals surface area contributed by atoms with Gasteiger partial charge >= 0.3 is 0 Å². The van der Waals surface area contributed by atoms with Gasteiger partial charge in [0.15, 0.2) is 4.47 Å². The van der Waals surface area contributed by atoms with Crippen LogP contribution in [0.25, 0.3) is 0 Å². The van der Waals surface area contributed by atoms with Gasteiger partial charge in [0, 0.05) is 11.1 Å². The second-order valence-electron chi connectivity index (χ2n) is 1.88. The Labute approximate surface area is 71.0 Å². The topological polar surface area (TPSA) is 38.9 Å². The number of hydrogen-bond donors (Lipinski definition) is 1. The smallest absolute Gasteiger partial charge is 0.258 e. The first-order valence-electron chi connectivity index (χ1n) is 2.76. The Morgan fingerprint density at radius 3 is 2.64 bits per heavy atom. The van der Waals surface area contributed by atoms with Crippen molar-refractivity contribution < 1.29 is 8.78 Å². The van der Waals surface area contributed by atoms with Gasteiger partial charge < -0.3 is 5.73 Å². The van der Waals surface area contributed by atoms with Crippen molar-refractivity contribution in [2.75, 3.05) is 0 Å². The molecule has 1 aromatic heterocycles. The molecule has 0 aromatic carbocycles. The molecule has 0 amide bonds. The highest BCUT2D eigenvalue weighted by atomic mass is 35.5. The zero-order valence-corrected chi connectivity index (χ0v) is 6.87. The first-order chi connectivity index (χ1) is 5.11. The van der Waals surface area contributed by atoms with Crippen LogP contribution < -0.4 is 5.73 Å². The van der Waals surface area contributed by atoms with E-state index >= 15 is 0 Å². The highest BCUT2D eigenvalue weighted by Gasteiger charge is 2.19. The Morgan fingerprint density at radius 2 is 2.27 bits per heavy atom. The number of rotatable bonds is 2. The number of halogens is 3. The van der Waals surface area contributed by atoms with E-state index in [1.165, 1.54) is 6.20 Å². The number of alkyl halides is 2. The molecule has 1 unspecified atom stereocenters. The molecule has 0 spiro atoms. The summed E-state index contributed by atoms with van der Waals surface area (Å²) in [7, 11) is 0. The van der Waals surface area contributed by atoms with Crippen molar-refractivity contribution >= 4 is 22.9 Å². The van der Waals surface area contributed by atoms with E-state index < -0.39 is 12.5 Å². The lowest BCUT2D eigenvalue weighted by molar-refractivity contribution is 0.117. The van der Waals surface area contributed by atoms with Crippen molar-refractivity contribution in [1.29, 1.82) is 0 Å². The van der Waals surface area contributed by atoms with E-state index in [2.05, 4.69) is 4.98 Å². The summed E-state index contributed by atoms with van der Waals surface area (Å²) in [5.74, 6) is 0. The normalized spacial score (nSPS) is 13.9. The van der Waals surface area contributed by atoms with Gasteiger partial charge in [-0.05, 0) is 0 Å². The fraction of sp³-hybridized carbons (Fsp3) is 0.400. The van der Waals surface area contributed by atoms with Crippen molar-refractivity contribution in [1.82, 2.24) is 4.98 Å². The van der Waals surface area contributed by atoms with E-state index in [1.54, 1.807) is 0 Å². The lowest BCUT2D eigenvalue weighted by Crippen LogP contribution is -2.17. The zero-order chi connectivity index (χ0) is 8.43. The molecule has 0 radical (unpaired) electrons. The molecular formula is C5H5ClF2N2S. The first-order valence-corrected chi connectivity index (χ1v) is 3.95. The lowest BCUT2D eigenvalue weighted by atomic mass is 10.3. The predicted octanol–water partition coefficient (Wildman–Crippen LogP) is 2.06. The molecule has 0 aliphatic rings. The standard InChI is InChI=1S/C5H5ClF2N2S/c6-5-10-1-2(11-5)3(9)4(7)8/h1,3-4H,9H2. The molecule has 2 N–H and O–H groups in total. The number of thiazole rings is 1. The van der Waals surface area contributed by atoms with Gasteiger partial charge in [-0.25, -0.2) is 13.8 Å². The summed E-state index contributed by atoms with van der Waals surface area (Å²) in [6.45, 7) is 0. The monoisotopic (exact) mass is 198 g/mol. The molecule has 6 heteroatoms. The summed E-state index contributed by atoms with van der Waals surface area (Å²) < 4.78 is 24.1. The fourth-order valence-electron chi connectivity index (χ4n) is 0.543. The maximum atomic E-state index is 11.9. The van der Waals surface area contributed by atoms with E-state index in [-0.39, 0.29) is 4.47 Å². The maximum Gasteiger partial charge on any atom is 0.258 e. The first kappa shape index (κ1) is 8.83. The van der Waals surface area contributed by atoms with Gasteiger partial charge in [-0.2, -0.15) is 0 Å². The zero-order valence-electron chi connectivity index (χ0n) is 5.30. The van der Waals surface area contributed by atoms with Crippen molar-refractivity contribution in [3.8, 4) is 0 Å². The van der Waals surface area contributed by atoms with Crippen molar-refractivity contribution in [3.05, 3.63) is 15.5 Å². The van der Waals surface area contributed by atoms with Crippen molar-refractivity contribution in [2.24, 2.45) is 5.73 Å². The predicted molar refractivity (Wildman–Crippen MR) is 40.1 cm³/mol. The molecule has 0 bridgehead atoms. The van der Waals surface area contributed by atoms with Crippen LogP contribution in [-0.2, 0) is 0 Å². The van der Waals surface area contributed by atoms with Gasteiger partial charge in [-0.3, -0.25) is 0 Å². The molecule has 0 saturated carbocycles. The Bertz CT molecular complexity index is 240. The second kappa shape index (κ2) is 3.42. The molecule has 1 heterocycles. The van der Waals surface area contributed by atoms with Crippen LogP contribution in [0.15, 0.2) is 6.20 Å². The van der Waals surface area contributed by atoms with Gasteiger partial charge in [0.2, 0.25) is 0 Å². The third-order valence-electron chi connectivity index (χ3n) is 1.10. The van der Waals surface area contributed by atoms with Crippen LogP contribution in [-0.4, -0.2) is 11.4 Å². The molecule has 62 valence electrons. The van der Waals surface area contributed by atoms with Crippen LogP contribution in [0.3, 0.4) is 0 Å². The molecular weight excluding hydrogens is 194 g/mol. The van der Waals surface area contributed by atoms with E-state index in [9.17, 15) is 8.78 Å². The average molecular weight is 199 g/mol. The Balaban J connectivity index is 2.76. The van der Waals surface area contributed by atoms with E-state index in [4.69, 9.17) is 17.3 Å². The minimum absolute atomic E-state index is 0.233. The summed E-state index contributed by atoms with van der Waals surface area (Å²) in [4.78, 5) is 3.90. The molecule has 1 aromatic rings. The molecule has 1 rings (SSSR count). The summed E-state index contributed by atoms with van der Waals surface area (Å²) >= 11 is 6.39. The number of nitrogens with zero attached hydrogens (tertiary/aromatic N) is 1. The molecule has 11 heavy (non-hydrogen) atoms. The number of aromatic nitrogens is 1. The summed E-state index contributed by atoms with van der Waals surface area (Å²) in [6.07, 6.45) is -1.30. The van der Waals surface area contributed by atoms with E-state index in [1.807, 2.05) is 0 Å². The summed E-state index contributed by atoms with van der Waals surface area (Å²) in [5, 5.41) is 0. The van der Waals surface area contributed by atoms with Crippen LogP contribution in [0.2, 0.25) is 4.47 Å². The average Bonchev–Trinajstić information content (AvgIpc) is 2.34. The molecule has 0 saturated heterocycles. The van der Waals surface area contributed by atoms with Crippen LogP contribution in [0.1, 0.15) is 10.9 Å². The SMILES string of the molecule is NC(c1cnc(Cl)s1)C(F)F. The third kappa shape index (κ3) is 2.08. The highest BCUT2D eigenvalue weighted by Crippen LogP contribution is 2.26. The Morgan fingerprint density at radius 1 is 1.64 bits per heavy atom. The number of hydrogen-bond acceptors (Lipinski definition) is 3. The molecule has 0 fully saturated rings. The number of nitrogens with two attached hydrogens (primary N) is 1. The van der Waals surface area contributed by atoms with Crippen LogP contribution in [0.5, 0.6) is 0 Å². The van der Waals surface area contributed by atoms with Gasteiger partial charge in [-0.1, -0.05) is 11.6 Å². The summed E-state index contributed by atoms with van der Waals surface area (Å²) in [6, 6.07) is -1.26. The van der Waals surface area contributed by atoms with Gasteiger partial charge in [0.05, 0.1) is 0 Å². The minimum Gasteiger partial charge on any atom is -0.319 e. The molecule has 0 aliphatic heterocycles. The van der Waals surface area contributed by atoms with E-state index in [0.717, 1.165) is 11.3 Å². The van der Waals surface area contributed by atoms with Gasteiger partial charge in [0.1, 0.15) is 6.04 Å². The van der Waals surface area contributed by atoms with Gasteiger partial charge in [-0.15, -0.1) is 11.3 Å². The van der Waals surface area contributed by atoms with Crippen molar-refractivity contribution in [3.63, 3.8) is 0 Å². The van der Waals surface area contributed by atoms with Crippen LogP contribution >= 0.6 is 22.9 Å². The van der Waals surface area contributed by atoms with Crippen LogP contribution in [0.4, 0.5) is 8.78 Å². The van der Waals surface area contributed by atoms with E-state index in [0.29, 0.717) is 4.88 Å². The lowest BCUT2D eigenvalue weighted by Gasteiger charge is -2.05. The minimum atomic E-state index is -2.56. The Hall–Kier alpha value is -0.260.